The number of ether oxygens (including phenoxy) is 1. The lowest BCUT2D eigenvalue weighted by Crippen LogP contribution is -2.36. The Morgan fingerprint density at radius 3 is 2.39 bits per heavy atom. The van der Waals surface area contributed by atoms with Crippen molar-refractivity contribution in [3.63, 3.8) is 0 Å². The number of rotatable bonds is 4. The molecule has 1 aliphatic rings. The second-order valence-electron chi connectivity index (χ2n) is 6.01. The van der Waals surface area contributed by atoms with Gasteiger partial charge in [0.1, 0.15) is 5.82 Å². The highest BCUT2D eigenvalue weighted by molar-refractivity contribution is 7.92. The highest BCUT2D eigenvalue weighted by Gasteiger charge is 2.35. The minimum Gasteiger partial charge on any atom is -0.378 e. The zero-order valence-corrected chi connectivity index (χ0v) is 15.8. The molecule has 152 valence electrons. The van der Waals surface area contributed by atoms with Crippen LogP contribution in [0.1, 0.15) is 5.56 Å². The van der Waals surface area contributed by atoms with Gasteiger partial charge < -0.3 is 9.64 Å². The van der Waals surface area contributed by atoms with Crippen LogP contribution >= 0.6 is 11.6 Å². The van der Waals surface area contributed by atoms with E-state index in [2.05, 4.69) is 4.72 Å². The molecule has 28 heavy (non-hydrogen) atoms. The van der Waals surface area contributed by atoms with Crippen LogP contribution in [0, 0.1) is 5.82 Å². The molecule has 0 radical (unpaired) electrons. The molecule has 2 aromatic carbocycles. The van der Waals surface area contributed by atoms with Gasteiger partial charge in [0.05, 0.1) is 35.0 Å². The van der Waals surface area contributed by atoms with Gasteiger partial charge in [0, 0.05) is 18.1 Å². The van der Waals surface area contributed by atoms with Gasteiger partial charge in [0.2, 0.25) is 0 Å². The number of hydrogen-bond donors (Lipinski definition) is 1. The molecular weight excluding hydrogens is 424 g/mol. The van der Waals surface area contributed by atoms with Crippen molar-refractivity contribution in [1.82, 2.24) is 0 Å². The van der Waals surface area contributed by atoms with Gasteiger partial charge in [-0.05, 0) is 36.4 Å². The Balaban J connectivity index is 1.98. The standard InChI is InChI=1S/C17H15ClF4N2O3S/c18-11-1-4-16(24-5-7-27-8-6-24)15(9-11)23-28(25,26)12-2-3-14(19)13(10-12)17(20,21)22/h1-4,9-10,23H,5-8H2. The van der Waals surface area contributed by atoms with Gasteiger partial charge in [-0.15, -0.1) is 0 Å². The molecule has 1 heterocycles. The molecule has 1 saturated heterocycles. The van der Waals surface area contributed by atoms with E-state index in [-0.39, 0.29) is 16.8 Å². The molecule has 0 spiro atoms. The van der Waals surface area contributed by atoms with Gasteiger partial charge in [-0.25, -0.2) is 12.8 Å². The predicted octanol–water partition coefficient (Wildman–Crippen LogP) is 4.14. The van der Waals surface area contributed by atoms with E-state index in [1.54, 1.807) is 12.1 Å². The molecule has 2 aromatic rings. The molecule has 0 amide bonds. The van der Waals surface area contributed by atoms with Crippen LogP contribution in [0.4, 0.5) is 28.9 Å². The predicted molar refractivity (Wildman–Crippen MR) is 96.7 cm³/mol. The largest absolute Gasteiger partial charge is 0.419 e. The maximum absolute atomic E-state index is 13.5. The number of hydrogen-bond acceptors (Lipinski definition) is 4. The van der Waals surface area contributed by atoms with Crippen LogP contribution in [0.2, 0.25) is 5.02 Å². The van der Waals surface area contributed by atoms with Crippen LogP contribution < -0.4 is 9.62 Å². The number of nitrogens with one attached hydrogen (secondary N) is 1. The number of anilines is 2. The maximum Gasteiger partial charge on any atom is 0.419 e. The maximum atomic E-state index is 13.5. The Labute approximate surface area is 163 Å². The zero-order chi connectivity index (χ0) is 20.5. The number of alkyl halides is 3. The lowest BCUT2D eigenvalue weighted by molar-refractivity contribution is -0.140. The first-order chi connectivity index (χ1) is 13.1. The van der Waals surface area contributed by atoms with Gasteiger partial charge in [-0.1, -0.05) is 11.6 Å². The fourth-order valence-corrected chi connectivity index (χ4v) is 4.03. The van der Waals surface area contributed by atoms with E-state index < -0.39 is 32.5 Å². The van der Waals surface area contributed by atoms with Gasteiger partial charge in [-0.3, -0.25) is 4.72 Å². The third-order valence-corrected chi connectivity index (χ3v) is 5.71. The minimum atomic E-state index is -5.02. The average molecular weight is 439 g/mol. The van der Waals surface area contributed by atoms with Crippen molar-refractivity contribution in [2.24, 2.45) is 0 Å². The fraction of sp³-hybridized carbons (Fsp3) is 0.294. The average Bonchev–Trinajstić information content (AvgIpc) is 2.61. The number of sulfonamides is 1. The van der Waals surface area contributed by atoms with Crippen LogP contribution in [-0.4, -0.2) is 34.7 Å². The number of benzene rings is 2. The Kier molecular flexibility index (Phi) is 5.74. The van der Waals surface area contributed by atoms with Crippen LogP contribution in [-0.2, 0) is 20.9 Å². The van der Waals surface area contributed by atoms with Gasteiger partial charge in [-0.2, -0.15) is 13.2 Å². The third-order valence-electron chi connectivity index (χ3n) is 4.11. The molecule has 1 fully saturated rings. The first kappa shape index (κ1) is 20.7. The van der Waals surface area contributed by atoms with Crippen LogP contribution in [0.3, 0.4) is 0 Å². The van der Waals surface area contributed by atoms with E-state index in [1.807, 2.05) is 4.90 Å². The van der Waals surface area contributed by atoms with Gasteiger partial charge in [0.15, 0.2) is 0 Å². The van der Waals surface area contributed by atoms with Crippen molar-refractivity contribution in [3.8, 4) is 0 Å². The van der Waals surface area contributed by atoms with Crippen molar-refractivity contribution in [1.29, 1.82) is 0 Å². The summed E-state index contributed by atoms with van der Waals surface area (Å²) in [5, 5.41) is 0.241. The first-order valence-corrected chi connectivity index (χ1v) is 9.96. The summed E-state index contributed by atoms with van der Waals surface area (Å²) >= 11 is 5.96. The lowest BCUT2D eigenvalue weighted by Gasteiger charge is -2.30. The molecule has 1 aliphatic heterocycles. The summed E-state index contributed by atoms with van der Waals surface area (Å²) in [6, 6.07) is 6.04. The van der Waals surface area contributed by atoms with E-state index >= 15 is 0 Å². The quantitative estimate of drug-likeness (QED) is 0.729. The highest BCUT2D eigenvalue weighted by atomic mass is 35.5. The topological polar surface area (TPSA) is 58.6 Å². The van der Waals surface area contributed by atoms with E-state index in [0.29, 0.717) is 38.1 Å². The smallest absolute Gasteiger partial charge is 0.378 e. The molecule has 0 saturated carbocycles. The zero-order valence-electron chi connectivity index (χ0n) is 14.3. The van der Waals surface area contributed by atoms with E-state index in [0.717, 1.165) is 6.07 Å². The third kappa shape index (κ3) is 4.50. The summed E-state index contributed by atoms with van der Waals surface area (Å²) in [5.41, 5.74) is -1.04. The molecule has 0 aromatic heterocycles. The van der Waals surface area contributed by atoms with Crippen molar-refractivity contribution >= 4 is 33.0 Å². The fourth-order valence-electron chi connectivity index (χ4n) is 2.76. The number of nitrogens with zero attached hydrogens (tertiary/aromatic N) is 1. The molecule has 0 bridgehead atoms. The van der Waals surface area contributed by atoms with E-state index in [1.165, 1.54) is 6.07 Å². The molecule has 0 atom stereocenters. The van der Waals surface area contributed by atoms with Crippen molar-refractivity contribution < 1.29 is 30.7 Å². The number of morpholine rings is 1. The molecular formula is C17H15ClF4N2O3S. The Hall–Kier alpha value is -2.04. The van der Waals surface area contributed by atoms with Crippen LogP contribution in [0.25, 0.3) is 0 Å². The highest BCUT2D eigenvalue weighted by Crippen LogP contribution is 2.35. The van der Waals surface area contributed by atoms with E-state index in [4.69, 9.17) is 16.3 Å². The summed E-state index contributed by atoms with van der Waals surface area (Å²) in [6.45, 7) is 1.90. The lowest BCUT2D eigenvalue weighted by atomic mass is 10.2. The number of halogens is 5. The summed E-state index contributed by atoms with van der Waals surface area (Å²) in [4.78, 5) is 1.15. The van der Waals surface area contributed by atoms with Gasteiger partial charge in [0.25, 0.3) is 10.0 Å². The van der Waals surface area contributed by atoms with Crippen molar-refractivity contribution in [2.75, 3.05) is 35.9 Å². The Bertz CT molecular complexity index is 977. The summed E-state index contributed by atoms with van der Waals surface area (Å²) in [5.74, 6) is -1.55. The molecule has 5 nitrogen and oxygen atoms in total. The normalized spacial score (nSPS) is 15.5. The van der Waals surface area contributed by atoms with Gasteiger partial charge >= 0.3 is 6.18 Å². The molecule has 0 aliphatic carbocycles. The monoisotopic (exact) mass is 438 g/mol. The SMILES string of the molecule is O=S(=O)(Nc1cc(Cl)ccc1N1CCOCC1)c1ccc(F)c(C(F)(F)F)c1. The Morgan fingerprint density at radius 1 is 1.07 bits per heavy atom. The Morgan fingerprint density at radius 2 is 1.75 bits per heavy atom. The summed E-state index contributed by atoms with van der Waals surface area (Å²) < 4.78 is 85.0. The van der Waals surface area contributed by atoms with Crippen molar-refractivity contribution in [3.05, 3.63) is 52.8 Å². The van der Waals surface area contributed by atoms with Crippen LogP contribution in [0.5, 0.6) is 0 Å². The minimum absolute atomic E-state index is 0.104. The molecule has 11 heteroatoms. The molecule has 3 rings (SSSR count). The molecule has 1 N–H and O–H groups in total. The summed E-state index contributed by atoms with van der Waals surface area (Å²) in [7, 11) is -4.42. The van der Waals surface area contributed by atoms with Crippen LogP contribution in [0.15, 0.2) is 41.3 Å². The second kappa shape index (κ2) is 7.76. The van der Waals surface area contributed by atoms with Crippen molar-refractivity contribution in [2.45, 2.75) is 11.1 Å². The first-order valence-electron chi connectivity index (χ1n) is 8.10. The van der Waals surface area contributed by atoms with E-state index in [9.17, 15) is 26.0 Å². The second-order valence-corrected chi connectivity index (χ2v) is 8.12. The summed E-state index contributed by atoms with van der Waals surface area (Å²) in [6.07, 6.45) is -5.02. The molecule has 0 unspecified atom stereocenters.